The van der Waals surface area contributed by atoms with Gasteiger partial charge in [-0.1, -0.05) is 11.6 Å². The summed E-state index contributed by atoms with van der Waals surface area (Å²) < 4.78 is 31.5. The zero-order valence-electron chi connectivity index (χ0n) is 14.3. The number of ether oxygens (including phenoxy) is 1. The van der Waals surface area contributed by atoms with Crippen molar-refractivity contribution < 1.29 is 27.9 Å². The van der Waals surface area contributed by atoms with E-state index in [-0.39, 0.29) is 24.3 Å². The summed E-state index contributed by atoms with van der Waals surface area (Å²) >= 11 is 5.74. The number of rotatable bonds is 7. The molecule has 8 heteroatoms. The van der Waals surface area contributed by atoms with Gasteiger partial charge >= 0.3 is 5.97 Å². The Kier molecular flexibility index (Phi) is 7.01. The summed E-state index contributed by atoms with van der Waals surface area (Å²) in [7, 11) is 0. The number of amides is 1. The predicted octanol–water partition coefficient (Wildman–Crippen LogP) is 4.15. The van der Waals surface area contributed by atoms with Crippen LogP contribution in [0.3, 0.4) is 0 Å². The minimum Gasteiger partial charge on any atom is -0.453 e. The number of Topliss-reactive ketones (excluding diaryl/α,β-unsaturated/α-hetero) is 1. The number of nitrogens with one attached hydrogen (secondary N) is 1. The highest BCUT2D eigenvalue weighted by Crippen LogP contribution is 2.16. The molecular weight excluding hydrogens is 380 g/mol. The van der Waals surface area contributed by atoms with Gasteiger partial charge < -0.3 is 10.1 Å². The van der Waals surface area contributed by atoms with Crippen LogP contribution in [0.1, 0.15) is 30.1 Å². The number of ketones is 1. The van der Waals surface area contributed by atoms with Crippen molar-refractivity contribution in [2.24, 2.45) is 0 Å². The first-order chi connectivity index (χ1) is 12.8. The van der Waals surface area contributed by atoms with Gasteiger partial charge in [0.2, 0.25) is 0 Å². The van der Waals surface area contributed by atoms with Gasteiger partial charge in [0.25, 0.3) is 5.91 Å². The topological polar surface area (TPSA) is 72.5 Å². The summed E-state index contributed by atoms with van der Waals surface area (Å²) in [6.07, 6.45) is -1.58. The van der Waals surface area contributed by atoms with E-state index in [4.69, 9.17) is 16.3 Å². The molecule has 0 saturated heterocycles. The van der Waals surface area contributed by atoms with Crippen molar-refractivity contribution in [2.75, 3.05) is 5.32 Å². The molecule has 2 aromatic carbocycles. The molecule has 0 spiro atoms. The van der Waals surface area contributed by atoms with Crippen molar-refractivity contribution in [3.8, 4) is 0 Å². The normalized spacial score (nSPS) is 11.6. The highest BCUT2D eigenvalue weighted by molar-refractivity contribution is 6.30. The Morgan fingerprint density at radius 3 is 2.41 bits per heavy atom. The first-order valence-electron chi connectivity index (χ1n) is 8.00. The highest BCUT2D eigenvalue weighted by Gasteiger charge is 2.20. The third kappa shape index (κ3) is 6.14. The molecule has 0 fully saturated rings. The summed E-state index contributed by atoms with van der Waals surface area (Å²) in [5.74, 6) is -3.41. The van der Waals surface area contributed by atoms with E-state index in [1.165, 1.54) is 6.92 Å². The van der Waals surface area contributed by atoms with Crippen LogP contribution in [0.4, 0.5) is 14.5 Å². The maximum atomic E-state index is 13.5. The molecule has 0 saturated carbocycles. The zero-order valence-corrected chi connectivity index (χ0v) is 15.1. The van der Waals surface area contributed by atoms with E-state index >= 15 is 0 Å². The van der Waals surface area contributed by atoms with Crippen molar-refractivity contribution in [2.45, 2.75) is 25.9 Å². The lowest BCUT2D eigenvalue weighted by atomic mass is 10.1. The van der Waals surface area contributed by atoms with Crippen molar-refractivity contribution in [1.29, 1.82) is 0 Å². The van der Waals surface area contributed by atoms with Crippen molar-refractivity contribution in [1.82, 2.24) is 0 Å². The average molecular weight is 396 g/mol. The molecule has 1 unspecified atom stereocenters. The van der Waals surface area contributed by atoms with Gasteiger partial charge in [0.15, 0.2) is 11.9 Å². The molecule has 142 valence electrons. The predicted molar refractivity (Wildman–Crippen MR) is 95.6 cm³/mol. The van der Waals surface area contributed by atoms with E-state index in [9.17, 15) is 23.2 Å². The number of esters is 1. The van der Waals surface area contributed by atoms with E-state index in [1.807, 2.05) is 0 Å². The number of carbonyl (C=O) groups is 3. The Balaban J connectivity index is 1.83. The maximum Gasteiger partial charge on any atom is 0.307 e. The second-order valence-electron chi connectivity index (χ2n) is 5.68. The van der Waals surface area contributed by atoms with Gasteiger partial charge in [-0.3, -0.25) is 14.4 Å². The highest BCUT2D eigenvalue weighted by atomic mass is 35.5. The summed E-state index contributed by atoms with van der Waals surface area (Å²) in [4.78, 5) is 35.7. The van der Waals surface area contributed by atoms with Crippen LogP contribution in [-0.4, -0.2) is 23.8 Å². The van der Waals surface area contributed by atoms with Crippen LogP contribution in [-0.2, 0) is 14.3 Å². The molecule has 0 heterocycles. The van der Waals surface area contributed by atoms with Crippen LogP contribution >= 0.6 is 11.6 Å². The van der Waals surface area contributed by atoms with Crippen molar-refractivity contribution in [3.05, 3.63) is 64.7 Å². The van der Waals surface area contributed by atoms with E-state index in [0.717, 1.165) is 18.2 Å². The Labute approximate surface area is 159 Å². The van der Waals surface area contributed by atoms with Crippen LogP contribution in [0.5, 0.6) is 0 Å². The van der Waals surface area contributed by atoms with Crippen LogP contribution in [0.15, 0.2) is 42.5 Å². The number of hydrogen-bond donors (Lipinski definition) is 1. The molecule has 0 radical (unpaired) electrons. The first-order valence-corrected chi connectivity index (χ1v) is 8.38. The second-order valence-corrected chi connectivity index (χ2v) is 6.11. The molecule has 0 aliphatic rings. The molecule has 1 N–H and O–H groups in total. The van der Waals surface area contributed by atoms with E-state index in [2.05, 4.69) is 5.32 Å². The molecule has 2 rings (SSSR count). The Morgan fingerprint density at radius 1 is 1.07 bits per heavy atom. The molecule has 0 aliphatic carbocycles. The third-order valence-corrected chi connectivity index (χ3v) is 3.84. The number of benzene rings is 2. The first kappa shape index (κ1) is 20.5. The molecular formula is C19H16ClF2NO4. The van der Waals surface area contributed by atoms with Gasteiger partial charge in [0, 0.05) is 23.1 Å². The van der Waals surface area contributed by atoms with Crippen LogP contribution in [0.2, 0.25) is 5.02 Å². The lowest BCUT2D eigenvalue weighted by Crippen LogP contribution is -2.30. The minimum atomic E-state index is -1.24. The van der Waals surface area contributed by atoms with Crippen molar-refractivity contribution in [3.63, 3.8) is 0 Å². The summed E-state index contributed by atoms with van der Waals surface area (Å²) in [5, 5.41) is 2.63. The minimum absolute atomic E-state index is 0.104. The Hall–Kier alpha value is -2.80. The fourth-order valence-corrected chi connectivity index (χ4v) is 2.26. The van der Waals surface area contributed by atoms with Gasteiger partial charge in [-0.15, -0.1) is 0 Å². The van der Waals surface area contributed by atoms with Gasteiger partial charge in [0.05, 0.1) is 12.1 Å². The van der Waals surface area contributed by atoms with Crippen molar-refractivity contribution >= 4 is 34.9 Å². The van der Waals surface area contributed by atoms with Gasteiger partial charge in [-0.2, -0.15) is 0 Å². The third-order valence-electron chi connectivity index (χ3n) is 3.59. The summed E-state index contributed by atoms with van der Waals surface area (Å²) in [6, 6.07) is 8.79. The summed E-state index contributed by atoms with van der Waals surface area (Å²) in [6.45, 7) is 1.28. The SMILES string of the molecule is CC(OC(=O)CCC(=O)c1ccc(Cl)cc1)C(=O)Nc1cc(F)ccc1F. The van der Waals surface area contributed by atoms with E-state index in [1.54, 1.807) is 24.3 Å². The van der Waals surface area contributed by atoms with Crippen LogP contribution in [0, 0.1) is 11.6 Å². The van der Waals surface area contributed by atoms with Crippen LogP contribution in [0.25, 0.3) is 0 Å². The molecule has 0 aromatic heterocycles. The number of halogens is 3. The molecule has 0 aliphatic heterocycles. The molecule has 2 aromatic rings. The average Bonchev–Trinajstić information content (AvgIpc) is 2.63. The monoisotopic (exact) mass is 395 g/mol. The molecule has 1 atom stereocenters. The molecule has 1 amide bonds. The maximum absolute atomic E-state index is 13.5. The standard InChI is InChI=1S/C19H16ClF2NO4/c1-11(19(26)23-16-10-14(21)6-7-15(16)22)27-18(25)9-8-17(24)12-2-4-13(20)5-3-12/h2-7,10-11H,8-9H2,1H3,(H,23,26). The number of anilines is 1. The van der Waals surface area contributed by atoms with Gasteiger partial charge in [0.1, 0.15) is 11.6 Å². The lowest BCUT2D eigenvalue weighted by Gasteiger charge is -2.14. The smallest absolute Gasteiger partial charge is 0.307 e. The van der Waals surface area contributed by atoms with Gasteiger partial charge in [-0.25, -0.2) is 8.78 Å². The second kappa shape index (κ2) is 9.23. The van der Waals surface area contributed by atoms with Gasteiger partial charge in [-0.05, 0) is 43.3 Å². The van der Waals surface area contributed by atoms with E-state index in [0.29, 0.717) is 10.6 Å². The van der Waals surface area contributed by atoms with Crippen LogP contribution < -0.4 is 5.32 Å². The quantitative estimate of drug-likeness (QED) is 0.564. The summed E-state index contributed by atoms with van der Waals surface area (Å²) in [5.41, 5.74) is 0.0420. The molecule has 27 heavy (non-hydrogen) atoms. The molecule has 0 bridgehead atoms. The van der Waals surface area contributed by atoms with E-state index < -0.39 is 29.6 Å². The fourth-order valence-electron chi connectivity index (χ4n) is 2.13. The number of hydrogen-bond acceptors (Lipinski definition) is 4. The number of carbonyl (C=O) groups excluding carboxylic acids is 3. The Morgan fingerprint density at radius 2 is 1.74 bits per heavy atom. The molecule has 5 nitrogen and oxygen atoms in total. The zero-order chi connectivity index (χ0) is 20.0. The lowest BCUT2D eigenvalue weighted by molar-refractivity contribution is -0.153. The fraction of sp³-hybridized carbons (Fsp3) is 0.211. The Bertz CT molecular complexity index is 855. The largest absolute Gasteiger partial charge is 0.453 e.